The average Bonchev–Trinajstić information content (AvgIpc) is 3.03. The smallest absolute Gasteiger partial charge is 0.416 e. The van der Waals surface area contributed by atoms with E-state index in [-0.39, 0.29) is 6.61 Å². The SMILES string of the molecule is Cc1cc(COC(=O)N2CCCn3nc(C4=CCNCC4)cc3C2)cc(C(F)(F)F)c1. The van der Waals surface area contributed by atoms with Gasteiger partial charge in [0.2, 0.25) is 0 Å². The van der Waals surface area contributed by atoms with Crippen LogP contribution in [-0.4, -0.2) is 40.4 Å². The fourth-order valence-corrected chi connectivity index (χ4v) is 3.98. The molecule has 0 spiro atoms. The third-order valence-corrected chi connectivity index (χ3v) is 5.49. The Morgan fingerprint density at radius 3 is 2.81 bits per heavy atom. The van der Waals surface area contributed by atoms with Crippen molar-refractivity contribution in [2.24, 2.45) is 0 Å². The highest BCUT2D eigenvalue weighted by Crippen LogP contribution is 2.31. The number of benzene rings is 1. The number of carbonyl (C=O) groups excluding carboxylic acids is 1. The number of aromatic nitrogens is 2. The summed E-state index contributed by atoms with van der Waals surface area (Å²) in [6, 6.07) is 5.71. The molecule has 2 aliphatic rings. The van der Waals surface area contributed by atoms with Gasteiger partial charge in [0, 0.05) is 19.6 Å². The molecule has 0 radical (unpaired) electrons. The molecule has 6 nitrogen and oxygen atoms in total. The molecule has 0 bridgehead atoms. The number of nitrogens with one attached hydrogen (secondary N) is 1. The van der Waals surface area contributed by atoms with Crippen molar-refractivity contribution < 1.29 is 22.7 Å². The van der Waals surface area contributed by atoms with Crippen molar-refractivity contribution in [3.05, 3.63) is 58.4 Å². The van der Waals surface area contributed by atoms with E-state index in [2.05, 4.69) is 11.4 Å². The van der Waals surface area contributed by atoms with E-state index in [0.717, 1.165) is 49.5 Å². The molecule has 31 heavy (non-hydrogen) atoms. The number of alkyl halides is 3. The number of amides is 1. The molecule has 0 saturated heterocycles. The Hall–Kier alpha value is -2.81. The van der Waals surface area contributed by atoms with Crippen LogP contribution >= 0.6 is 0 Å². The zero-order valence-corrected chi connectivity index (χ0v) is 17.3. The maximum Gasteiger partial charge on any atom is 0.416 e. The summed E-state index contributed by atoms with van der Waals surface area (Å²) in [7, 11) is 0. The van der Waals surface area contributed by atoms with Crippen LogP contribution in [0.2, 0.25) is 0 Å². The molecule has 0 saturated carbocycles. The monoisotopic (exact) mass is 434 g/mol. The Bertz CT molecular complexity index is 997. The third kappa shape index (κ3) is 5.10. The highest BCUT2D eigenvalue weighted by atomic mass is 19.4. The van der Waals surface area contributed by atoms with Gasteiger partial charge in [0.05, 0.1) is 23.5 Å². The highest BCUT2D eigenvalue weighted by Gasteiger charge is 2.31. The van der Waals surface area contributed by atoms with E-state index >= 15 is 0 Å². The van der Waals surface area contributed by atoms with Crippen molar-refractivity contribution in [2.45, 2.75) is 45.6 Å². The molecule has 1 aromatic carbocycles. The molecule has 2 aromatic rings. The number of nitrogens with zero attached hydrogens (tertiary/aromatic N) is 3. The molecule has 2 aliphatic heterocycles. The number of ether oxygens (including phenoxy) is 1. The lowest BCUT2D eigenvalue weighted by molar-refractivity contribution is -0.137. The molecule has 4 rings (SSSR count). The first-order valence-electron chi connectivity index (χ1n) is 10.4. The van der Waals surface area contributed by atoms with Gasteiger partial charge in [0.1, 0.15) is 6.61 Å². The fraction of sp³-hybridized carbons (Fsp3) is 0.455. The fourth-order valence-electron chi connectivity index (χ4n) is 3.98. The van der Waals surface area contributed by atoms with E-state index in [4.69, 9.17) is 9.84 Å². The van der Waals surface area contributed by atoms with Crippen LogP contribution in [-0.2, 0) is 30.6 Å². The highest BCUT2D eigenvalue weighted by molar-refractivity contribution is 5.68. The molecule has 1 aromatic heterocycles. The Kier molecular flexibility index (Phi) is 6.04. The van der Waals surface area contributed by atoms with E-state index in [1.54, 1.807) is 17.9 Å². The van der Waals surface area contributed by atoms with Crippen molar-refractivity contribution in [2.75, 3.05) is 19.6 Å². The number of carbonyl (C=O) groups is 1. The molecule has 1 amide bonds. The zero-order chi connectivity index (χ0) is 22.0. The first kappa shape index (κ1) is 21.4. The van der Waals surface area contributed by atoms with E-state index < -0.39 is 17.8 Å². The maximum absolute atomic E-state index is 13.0. The van der Waals surface area contributed by atoms with Crippen molar-refractivity contribution in [1.29, 1.82) is 0 Å². The van der Waals surface area contributed by atoms with Gasteiger partial charge in [-0.05, 0) is 55.6 Å². The Morgan fingerprint density at radius 2 is 2.06 bits per heavy atom. The molecule has 0 aliphatic carbocycles. The molecule has 0 unspecified atom stereocenters. The van der Waals surface area contributed by atoms with Crippen LogP contribution in [0.1, 0.15) is 40.9 Å². The summed E-state index contributed by atoms with van der Waals surface area (Å²) in [6.07, 6.45) is -1.19. The number of hydrogen-bond donors (Lipinski definition) is 1. The van der Waals surface area contributed by atoms with Gasteiger partial charge in [0.15, 0.2) is 0 Å². The lowest BCUT2D eigenvalue weighted by Gasteiger charge is -2.20. The molecular formula is C22H25F3N4O2. The molecular weight excluding hydrogens is 409 g/mol. The summed E-state index contributed by atoms with van der Waals surface area (Å²) in [6.45, 7) is 4.70. The van der Waals surface area contributed by atoms with Crippen LogP contribution in [0.4, 0.5) is 18.0 Å². The first-order chi connectivity index (χ1) is 14.8. The summed E-state index contributed by atoms with van der Waals surface area (Å²) in [4.78, 5) is 14.2. The van der Waals surface area contributed by atoms with Gasteiger partial charge in [-0.25, -0.2) is 4.79 Å². The number of halogens is 3. The van der Waals surface area contributed by atoms with Crippen LogP contribution in [0, 0.1) is 6.92 Å². The number of aryl methyl sites for hydroxylation is 2. The quantitative estimate of drug-likeness (QED) is 0.789. The van der Waals surface area contributed by atoms with Crippen LogP contribution in [0.25, 0.3) is 5.57 Å². The van der Waals surface area contributed by atoms with E-state index in [0.29, 0.717) is 30.8 Å². The molecule has 166 valence electrons. The summed E-state index contributed by atoms with van der Waals surface area (Å²) in [5.41, 5.74) is 3.12. The molecule has 0 fully saturated rings. The topological polar surface area (TPSA) is 59.4 Å². The minimum Gasteiger partial charge on any atom is -0.445 e. The minimum absolute atomic E-state index is 0.204. The van der Waals surface area contributed by atoms with Gasteiger partial charge in [-0.3, -0.25) is 4.68 Å². The third-order valence-electron chi connectivity index (χ3n) is 5.49. The van der Waals surface area contributed by atoms with Gasteiger partial charge < -0.3 is 15.0 Å². The van der Waals surface area contributed by atoms with Gasteiger partial charge in [-0.1, -0.05) is 17.7 Å². The second kappa shape index (κ2) is 8.74. The van der Waals surface area contributed by atoms with Gasteiger partial charge >= 0.3 is 12.3 Å². The average molecular weight is 434 g/mol. The van der Waals surface area contributed by atoms with Crippen LogP contribution in [0.5, 0.6) is 0 Å². The summed E-state index contributed by atoms with van der Waals surface area (Å²) < 4.78 is 46.4. The number of rotatable bonds is 3. The van der Waals surface area contributed by atoms with Gasteiger partial charge in [0.25, 0.3) is 0 Å². The summed E-state index contributed by atoms with van der Waals surface area (Å²) in [5.74, 6) is 0. The number of fused-ring (bicyclic) bond motifs is 1. The van der Waals surface area contributed by atoms with Crippen LogP contribution < -0.4 is 5.32 Å². The standard InChI is InChI=1S/C22H25F3N4O2/c1-15-9-16(11-18(10-15)22(23,24)25)14-31-21(30)28-7-2-8-29-19(13-28)12-20(27-29)17-3-5-26-6-4-17/h3,9-12,26H,2,4-8,13-14H2,1H3. The second-order valence-electron chi connectivity index (χ2n) is 7.96. The van der Waals surface area contributed by atoms with Crippen molar-refractivity contribution >= 4 is 11.7 Å². The van der Waals surface area contributed by atoms with Crippen molar-refractivity contribution in [3.63, 3.8) is 0 Å². The lowest BCUT2D eigenvalue weighted by atomic mass is 10.1. The van der Waals surface area contributed by atoms with Crippen LogP contribution in [0.3, 0.4) is 0 Å². The van der Waals surface area contributed by atoms with Crippen LogP contribution in [0.15, 0.2) is 30.3 Å². The zero-order valence-electron chi connectivity index (χ0n) is 17.3. The van der Waals surface area contributed by atoms with Crippen molar-refractivity contribution in [3.8, 4) is 0 Å². The Labute approximate surface area is 178 Å². The number of hydrogen-bond acceptors (Lipinski definition) is 4. The summed E-state index contributed by atoms with van der Waals surface area (Å²) >= 11 is 0. The molecule has 1 N–H and O–H groups in total. The lowest BCUT2D eigenvalue weighted by Crippen LogP contribution is -2.31. The predicted octanol–water partition coefficient (Wildman–Crippen LogP) is 4.13. The second-order valence-corrected chi connectivity index (χ2v) is 7.96. The van der Waals surface area contributed by atoms with Gasteiger partial charge in [-0.15, -0.1) is 0 Å². The van der Waals surface area contributed by atoms with E-state index in [1.807, 2.05) is 10.7 Å². The largest absolute Gasteiger partial charge is 0.445 e. The minimum atomic E-state index is -4.44. The summed E-state index contributed by atoms with van der Waals surface area (Å²) in [5, 5.41) is 7.98. The van der Waals surface area contributed by atoms with Crippen molar-refractivity contribution in [1.82, 2.24) is 20.0 Å². The van der Waals surface area contributed by atoms with E-state index in [1.165, 1.54) is 5.57 Å². The maximum atomic E-state index is 13.0. The molecule has 9 heteroatoms. The predicted molar refractivity (Wildman–Crippen MR) is 109 cm³/mol. The molecule has 0 atom stereocenters. The van der Waals surface area contributed by atoms with Gasteiger partial charge in [-0.2, -0.15) is 18.3 Å². The Balaban J connectivity index is 1.42. The normalized spacial score (nSPS) is 17.0. The molecule has 3 heterocycles. The Morgan fingerprint density at radius 1 is 1.23 bits per heavy atom. The van der Waals surface area contributed by atoms with E-state index in [9.17, 15) is 18.0 Å². The first-order valence-corrected chi connectivity index (χ1v) is 10.4.